The van der Waals surface area contributed by atoms with Gasteiger partial charge in [-0.3, -0.25) is 4.79 Å². The summed E-state index contributed by atoms with van der Waals surface area (Å²) in [5.74, 6) is -0.235. The van der Waals surface area contributed by atoms with Crippen molar-refractivity contribution in [3.63, 3.8) is 0 Å². The second kappa shape index (κ2) is 6.84. The molecular formula is C12H16Cl2N2O. The van der Waals surface area contributed by atoms with Crippen LogP contribution in [0.4, 0.5) is 0 Å². The van der Waals surface area contributed by atoms with Crippen LogP contribution in [0.2, 0.25) is 10.0 Å². The molecule has 3 nitrogen and oxygen atoms in total. The Morgan fingerprint density at radius 1 is 1.47 bits per heavy atom. The third kappa shape index (κ3) is 3.87. The maximum atomic E-state index is 12.0. The lowest BCUT2D eigenvalue weighted by molar-refractivity contribution is 0.0936. The fourth-order valence-electron chi connectivity index (χ4n) is 1.54. The van der Waals surface area contributed by atoms with Crippen LogP contribution >= 0.6 is 23.2 Å². The van der Waals surface area contributed by atoms with E-state index in [1.54, 1.807) is 18.2 Å². The van der Waals surface area contributed by atoms with Gasteiger partial charge in [-0.25, -0.2) is 0 Å². The van der Waals surface area contributed by atoms with Crippen molar-refractivity contribution in [3.8, 4) is 0 Å². The maximum absolute atomic E-state index is 12.0. The van der Waals surface area contributed by atoms with E-state index in [0.29, 0.717) is 17.1 Å². The van der Waals surface area contributed by atoms with Crippen molar-refractivity contribution in [2.24, 2.45) is 5.73 Å². The van der Waals surface area contributed by atoms with Gasteiger partial charge in [0.15, 0.2) is 0 Å². The molecule has 0 spiro atoms. The second-order valence-electron chi connectivity index (χ2n) is 3.80. The molecule has 0 radical (unpaired) electrons. The molecule has 0 saturated carbocycles. The zero-order valence-electron chi connectivity index (χ0n) is 9.67. The van der Waals surface area contributed by atoms with E-state index in [1.165, 1.54) is 0 Å². The number of carbonyl (C=O) groups is 1. The van der Waals surface area contributed by atoms with Crippen molar-refractivity contribution < 1.29 is 4.79 Å². The van der Waals surface area contributed by atoms with Crippen LogP contribution in [0.25, 0.3) is 0 Å². The molecule has 1 rings (SSSR count). The van der Waals surface area contributed by atoms with Crippen molar-refractivity contribution in [1.82, 2.24) is 5.32 Å². The molecule has 0 heterocycles. The van der Waals surface area contributed by atoms with Gasteiger partial charge in [0.1, 0.15) is 0 Å². The highest BCUT2D eigenvalue weighted by molar-refractivity contribution is 6.43. The Bertz CT molecular complexity index is 396. The molecule has 0 aliphatic carbocycles. The number of carbonyl (C=O) groups excluding carboxylic acids is 1. The Hall–Kier alpha value is -0.770. The lowest BCUT2D eigenvalue weighted by Gasteiger charge is -2.16. The van der Waals surface area contributed by atoms with Crippen LogP contribution in [0.3, 0.4) is 0 Å². The van der Waals surface area contributed by atoms with Gasteiger partial charge in [-0.1, -0.05) is 42.6 Å². The topological polar surface area (TPSA) is 55.1 Å². The summed E-state index contributed by atoms with van der Waals surface area (Å²) in [6.45, 7) is 2.46. The zero-order chi connectivity index (χ0) is 12.8. The van der Waals surface area contributed by atoms with Crippen LogP contribution in [0, 0.1) is 0 Å². The first-order valence-electron chi connectivity index (χ1n) is 5.55. The van der Waals surface area contributed by atoms with Crippen molar-refractivity contribution in [2.45, 2.75) is 25.8 Å². The largest absolute Gasteiger partial charge is 0.348 e. The SMILES string of the molecule is CCCC(CN)NC(=O)c1cccc(Cl)c1Cl. The Labute approximate surface area is 111 Å². The van der Waals surface area contributed by atoms with E-state index in [2.05, 4.69) is 5.32 Å². The van der Waals surface area contributed by atoms with Gasteiger partial charge in [0.2, 0.25) is 0 Å². The zero-order valence-corrected chi connectivity index (χ0v) is 11.2. The first kappa shape index (κ1) is 14.3. The monoisotopic (exact) mass is 274 g/mol. The Balaban J connectivity index is 2.79. The number of benzene rings is 1. The second-order valence-corrected chi connectivity index (χ2v) is 4.58. The molecule has 0 aliphatic rings. The van der Waals surface area contributed by atoms with Crippen LogP contribution < -0.4 is 11.1 Å². The summed E-state index contributed by atoms with van der Waals surface area (Å²) in [7, 11) is 0. The molecule has 5 heteroatoms. The van der Waals surface area contributed by atoms with E-state index in [4.69, 9.17) is 28.9 Å². The highest BCUT2D eigenvalue weighted by Gasteiger charge is 2.15. The van der Waals surface area contributed by atoms with Gasteiger partial charge in [-0.15, -0.1) is 0 Å². The molecule has 0 saturated heterocycles. The molecule has 1 aromatic carbocycles. The predicted molar refractivity (Wildman–Crippen MR) is 71.7 cm³/mol. The average molecular weight is 275 g/mol. The molecule has 0 aromatic heterocycles. The number of nitrogens with one attached hydrogen (secondary N) is 1. The molecule has 3 N–H and O–H groups in total. The molecule has 1 amide bonds. The minimum atomic E-state index is -0.235. The molecular weight excluding hydrogens is 259 g/mol. The third-order valence-corrected chi connectivity index (χ3v) is 3.27. The molecule has 94 valence electrons. The number of rotatable bonds is 5. The fraction of sp³-hybridized carbons (Fsp3) is 0.417. The first-order chi connectivity index (χ1) is 8.10. The number of hydrogen-bond acceptors (Lipinski definition) is 2. The van der Waals surface area contributed by atoms with Crippen molar-refractivity contribution in [2.75, 3.05) is 6.54 Å². The lowest BCUT2D eigenvalue weighted by atomic mass is 10.1. The molecule has 0 fully saturated rings. The van der Waals surface area contributed by atoms with E-state index < -0.39 is 0 Å². The minimum Gasteiger partial charge on any atom is -0.348 e. The third-order valence-electron chi connectivity index (χ3n) is 2.45. The first-order valence-corrected chi connectivity index (χ1v) is 6.30. The van der Waals surface area contributed by atoms with Crippen molar-refractivity contribution in [3.05, 3.63) is 33.8 Å². The number of halogens is 2. The van der Waals surface area contributed by atoms with E-state index in [9.17, 15) is 4.79 Å². The fourth-order valence-corrected chi connectivity index (χ4v) is 1.93. The van der Waals surface area contributed by atoms with Gasteiger partial charge < -0.3 is 11.1 Å². The Morgan fingerprint density at radius 2 is 2.18 bits per heavy atom. The van der Waals surface area contributed by atoms with Crippen LogP contribution in [-0.4, -0.2) is 18.5 Å². The molecule has 17 heavy (non-hydrogen) atoms. The maximum Gasteiger partial charge on any atom is 0.253 e. The van der Waals surface area contributed by atoms with Gasteiger partial charge in [0.25, 0.3) is 5.91 Å². The molecule has 0 bridgehead atoms. The highest BCUT2D eigenvalue weighted by atomic mass is 35.5. The molecule has 1 unspecified atom stereocenters. The Kier molecular flexibility index (Phi) is 5.75. The molecule has 1 atom stereocenters. The smallest absolute Gasteiger partial charge is 0.253 e. The summed E-state index contributed by atoms with van der Waals surface area (Å²) in [6.07, 6.45) is 1.81. The quantitative estimate of drug-likeness (QED) is 0.868. The van der Waals surface area contributed by atoms with Gasteiger partial charge in [-0.2, -0.15) is 0 Å². The summed E-state index contributed by atoms with van der Waals surface area (Å²) in [6, 6.07) is 4.96. The van der Waals surface area contributed by atoms with E-state index >= 15 is 0 Å². The van der Waals surface area contributed by atoms with Gasteiger partial charge in [0.05, 0.1) is 15.6 Å². The summed E-state index contributed by atoms with van der Waals surface area (Å²) in [5, 5.41) is 3.50. The highest BCUT2D eigenvalue weighted by Crippen LogP contribution is 2.25. The van der Waals surface area contributed by atoms with Crippen LogP contribution in [0.15, 0.2) is 18.2 Å². The summed E-state index contributed by atoms with van der Waals surface area (Å²) in [4.78, 5) is 12.0. The number of nitrogens with two attached hydrogens (primary N) is 1. The molecule has 1 aromatic rings. The van der Waals surface area contributed by atoms with Gasteiger partial charge in [-0.05, 0) is 18.6 Å². The van der Waals surface area contributed by atoms with Crippen molar-refractivity contribution in [1.29, 1.82) is 0 Å². The van der Waals surface area contributed by atoms with E-state index in [1.807, 2.05) is 6.92 Å². The summed E-state index contributed by atoms with van der Waals surface area (Å²) < 4.78 is 0. The molecule has 0 aliphatic heterocycles. The van der Waals surface area contributed by atoms with E-state index in [0.717, 1.165) is 12.8 Å². The standard InChI is InChI=1S/C12H16Cl2N2O/c1-2-4-8(7-15)16-12(17)9-5-3-6-10(13)11(9)14/h3,5-6,8H,2,4,7,15H2,1H3,(H,16,17). The summed E-state index contributed by atoms with van der Waals surface area (Å²) in [5.41, 5.74) is 5.96. The number of amides is 1. The minimum absolute atomic E-state index is 0.0254. The van der Waals surface area contributed by atoms with E-state index in [-0.39, 0.29) is 17.0 Å². The van der Waals surface area contributed by atoms with Crippen LogP contribution in [0.5, 0.6) is 0 Å². The summed E-state index contributed by atoms with van der Waals surface area (Å²) >= 11 is 11.8. The number of hydrogen-bond donors (Lipinski definition) is 2. The van der Waals surface area contributed by atoms with Gasteiger partial charge >= 0.3 is 0 Å². The van der Waals surface area contributed by atoms with Crippen LogP contribution in [-0.2, 0) is 0 Å². The van der Waals surface area contributed by atoms with Crippen LogP contribution in [0.1, 0.15) is 30.1 Å². The van der Waals surface area contributed by atoms with Crippen molar-refractivity contribution >= 4 is 29.1 Å². The average Bonchev–Trinajstić information content (AvgIpc) is 2.31. The van der Waals surface area contributed by atoms with Gasteiger partial charge in [0, 0.05) is 12.6 Å². The lowest BCUT2D eigenvalue weighted by Crippen LogP contribution is -2.40. The predicted octanol–water partition coefficient (Wildman–Crippen LogP) is 2.85. The Morgan fingerprint density at radius 3 is 2.76 bits per heavy atom. The normalized spacial score (nSPS) is 12.2.